The lowest BCUT2D eigenvalue weighted by molar-refractivity contribution is -0.127. The van der Waals surface area contributed by atoms with E-state index in [0.717, 1.165) is 29.3 Å². The zero-order chi connectivity index (χ0) is 23.6. The van der Waals surface area contributed by atoms with E-state index in [1.54, 1.807) is 0 Å². The SMILES string of the molecule is CCC(C)C(NC(=O)C1CCN(S(=O)(=O)c2ccccc2F)CC1)c1nc2ccccc2[nH]1. The smallest absolute Gasteiger partial charge is 0.245 e. The number of para-hydroxylation sites is 2. The fourth-order valence-corrected chi connectivity index (χ4v) is 5.79. The number of benzene rings is 2. The molecule has 1 aliphatic rings. The van der Waals surface area contributed by atoms with Crippen LogP contribution in [0.15, 0.2) is 53.4 Å². The first-order valence-corrected chi connectivity index (χ1v) is 12.7. The number of amides is 1. The highest BCUT2D eigenvalue weighted by Gasteiger charge is 2.34. The summed E-state index contributed by atoms with van der Waals surface area (Å²) in [6.07, 6.45) is 1.63. The Balaban J connectivity index is 1.44. The van der Waals surface area contributed by atoms with Gasteiger partial charge in [-0.15, -0.1) is 0 Å². The number of aromatic nitrogens is 2. The second kappa shape index (κ2) is 9.61. The van der Waals surface area contributed by atoms with Crippen LogP contribution in [0, 0.1) is 17.7 Å². The molecule has 7 nitrogen and oxygen atoms in total. The number of imidazole rings is 1. The fourth-order valence-electron chi connectivity index (χ4n) is 4.26. The molecule has 0 saturated carbocycles. The first kappa shape index (κ1) is 23.4. The maximum atomic E-state index is 14.1. The van der Waals surface area contributed by atoms with Crippen molar-refractivity contribution in [2.24, 2.45) is 11.8 Å². The molecular weight excluding hydrogens is 443 g/mol. The molecule has 2 N–H and O–H groups in total. The van der Waals surface area contributed by atoms with Crippen molar-refractivity contribution in [3.8, 4) is 0 Å². The van der Waals surface area contributed by atoms with E-state index in [1.165, 1.54) is 22.5 Å². The van der Waals surface area contributed by atoms with Gasteiger partial charge in [-0.1, -0.05) is 44.5 Å². The normalized spacial score (nSPS) is 17.7. The number of H-pyrrole nitrogens is 1. The second-order valence-electron chi connectivity index (χ2n) is 8.62. The maximum absolute atomic E-state index is 14.1. The molecule has 0 aliphatic carbocycles. The molecule has 2 unspecified atom stereocenters. The van der Waals surface area contributed by atoms with Crippen LogP contribution >= 0.6 is 0 Å². The van der Waals surface area contributed by atoms with Crippen LogP contribution < -0.4 is 5.32 Å². The highest BCUT2D eigenvalue weighted by atomic mass is 32.2. The number of rotatable bonds is 7. The minimum absolute atomic E-state index is 0.108. The summed E-state index contributed by atoms with van der Waals surface area (Å²) in [5.41, 5.74) is 1.77. The van der Waals surface area contributed by atoms with E-state index < -0.39 is 15.8 Å². The average Bonchev–Trinajstić information content (AvgIpc) is 3.26. The quantitative estimate of drug-likeness (QED) is 0.543. The van der Waals surface area contributed by atoms with E-state index in [9.17, 15) is 17.6 Å². The molecule has 2 heterocycles. The molecule has 1 amide bonds. The third-order valence-corrected chi connectivity index (χ3v) is 8.42. The number of nitrogens with zero attached hydrogens (tertiary/aromatic N) is 2. The van der Waals surface area contributed by atoms with Crippen molar-refractivity contribution >= 4 is 27.0 Å². The van der Waals surface area contributed by atoms with Gasteiger partial charge in [0.15, 0.2) is 0 Å². The molecule has 1 aromatic heterocycles. The van der Waals surface area contributed by atoms with Gasteiger partial charge in [0.1, 0.15) is 16.5 Å². The Labute approximate surface area is 193 Å². The van der Waals surface area contributed by atoms with Gasteiger partial charge >= 0.3 is 0 Å². The fraction of sp³-hybridized carbons (Fsp3) is 0.417. The number of sulfonamides is 1. The van der Waals surface area contributed by atoms with Gasteiger partial charge in [0, 0.05) is 19.0 Å². The Bertz CT molecular complexity index is 1200. The third-order valence-electron chi connectivity index (χ3n) is 6.49. The number of carbonyl (C=O) groups excluding carboxylic acids is 1. The highest BCUT2D eigenvalue weighted by molar-refractivity contribution is 7.89. The maximum Gasteiger partial charge on any atom is 0.245 e. The molecule has 3 aromatic rings. The predicted octanol–water partition coefficient (Wildman–Crippen LogP) is 4.01. The molecule has 0 spiro atoms. The number of carbonyl (C=O) groups is 1. The molecule has 1 aliphatic heterocycles. The summed E-state index contributed by atoms with van der Waals surface area (Å²) in [5.74, 6) is -0.300. The number of hydrogen-bond acceptors (Lipinski definition) is 4. The van der Waals surface area contributed by atoms with Gasteiger partial charge in [-0.25, -0.2) is 17.8 Å². The minimum Gasteiger partial charge on any atom is -0.346 e. The Morgan fingerprint density at radius 2 is 1.85 bits per heavy atom. The number of fused-ring (bicyclic) bond motifs is 1. The molecule has 9 heteroatoms. The van der Waals surface area contributed by atoms with Crippen molar-refractivity contribution < 1.29 is 17.6 Å². The second-order valence-corrected chi connectivity index (χ2v) is 10.5. The Morgan fingerprint density at radius 1 is 1.18 bits per heavy atom. The summed E-state index contributed by atoms with van der Waals surface area (Å²) in [6, 6.07) is 12.8. The average molecular weight is 473 g/mol. The van der Waals surface area contributed by atoms with E-state index in [0.29, 0.717) is 12.8 Å². The number of nitrogens with one attached hydrogen (secondary N) is 2. The van der Waals surface area contributed by atoms with Crippen LogP contribution in [0.25, 0.3) is 11.0 Å². The van der Waals surface area contributed by atoms with Gasteiger partial charge in [0.25, 0.3) is 0 Å². The van der Waals surface area contributed by atoms with Gasteiger partial charge in [0.05, 0.1) is 17.1 Å². The highest BCUT2D eigenvalue weighted by Crippen LogP contribution is 2.28. The van der Waals surface area contributed by atoms with E-state index in [2.05, 4.69) is 29.1 Å². The molecular formula is C24H29FN4O3S. The third kappa shape index (κ3) is 4.79. The zero-order valence-electron chi connectivity index (χ0n) is 18.8. The number of halogens is 1. The molecule has 33 heavy (non-hydrogen) atoms. The Morgan fingerprint density at radius 3 is 2.52 bits per heavy atom. The van der Waals surface area contributed by atoms with Gasteiger partial charge in [-0.3, -0.25) is 4.79 Å². The van der Waals surface area contributed by atoms with Crippen LogP contribution in [0.4, 0.5) is 4.39 Å². The number of hydrogen-bond donors (Lipinski definition) is 2. The molecule has 2 atom stereocenters. The molecule has 1 fully saturated rings. The summed E-state index contributed by atoms with van der Waals surface area (Å²) in [7, 11) is -3.93. The molecule has 1 saturated heterocycles. The molecule has 2 aromatic carbocycles. The van der Waals surface area contributed by atoms with Gasteiger partial charge < -0.3 is 10.3 Å². The lowest BCUT2D eigenvalue weighted by atomic mass is 9.94. The lowest BCUT2D eigenvalue weighted by Crippen LogP contribution is -2.44. The van der Waals surface area contributed by atoms with Crippen molar-refractivity contribution in [3.05, 3.63) is 60.2 Å². The number of aromatic amines is 1. The molecule has 176 valence electrons. The largest absolute Gasteiger partial charge is 0.346 e. The van der Waals surface area contributed by atoms with Crippen LogP contribution in [-0.2, 0) is 14.8 Å². The van der Waals surface area contributed by atoms with Gasteiger partial charge in [-0.2, -0.15) is 4.31 Å². The monoisotopic (exact) mass is 472 g/mol. The molecule has 4 rings (SSSR count). The van der Waals surface area contributed by atoms with Crippen LogP contribution in [0.3, 0.4) is 0 Å². The molecule has 0 radical (unpaired) electrons. The summed E-state index contributed by atoms with van der Waals surface area (Å²) >= 11 is 0. The van der Waals surface area contributed by atoms with E-state index >= 15 is 0 Å². The van der Waals surface area contributed by atoms with Crippen LogP contribution in [-0.4, -0.2) is 41.7 Å². The van der Waals surface area contributed by atoms with Crippen molar-refractivity contribution in [2.45, 2.75) is 44.0 Å². The first-order chi connectivity index (χ1) is 15.8. The Kier molecular flexibility index (Phi) is 6.81. The topological polar surface area (TPSA) is 95.2 Å². The lowest BCUT2D eigenvalue weighted by Gasteiger charge is -2.32. The van der Waals surface area contributed by atoms with Crippen molar-refractivity contribution in [1.82, 2.24) is 19.6 Å². The van der Waals surface area contributed by atoms with Crippen LogP contribution in [0.2, 0.25) is 0 Å². The molecule has 0 bridgehead atoms. The zero-order valence-corrected chi connectivity index (χ0v) is 19.6. The standard InChI is InChI=1S/C24H29FN4O3S/c1-3-16(2)22(23-26-19-9-5-6-10-20(19)27-23)28-24(30)17-12-14-29(15-13-17)33(31,32)21-11-7-4-8-18(21)25/h4-11,16-17,22H,3,12-15H2,1-2H3,(H,26,27)(H,28,30). The van der Waals surface area contributed by atoms with Gasteiger partial charge in [0.2, 0.25) is 15.9 Å². The van der Waals surface area contributed by atoms with Crippen molar-refractivity contribution in [3.63, 3.8) is 0 Å². The van der Waals surface area contributed by atoms with Crippen molar-refractivity contribution in [1.29, 1.82) is 0 Å². The Hall–Kier alpha value is -2.78. The minimum atomic E-state index is -3.93. The summed E-state index contributed by atoms with van der Waals surface area (Å²) in [5, 5.41) is 3.15. The van der Waals surface area contributed by atoms with Crippen LogP contribution in [0.1, 0.15) is 45.0 Å². The summed E-state index contributed by atoms with van der Waals surface area (Å²) in [6.45, 7) is 4.49. The van der Waals surface area contributed by atoms with Gasteiger partial charge in [-0.05, 0) is 43.0 Å². The summed E-state index contributed by atoms with van der Waals surface area (Å²) in [4.78, 5) is 20.8. The predicted molar refractivity (Wildman–Crippen MR) is 124 cm³/mol. The number of piperidine rings is 1. The van der Waals surface area contributed by atoms with E-state index in [1.807, 2.05) is 24.3 Å². The van der Waals surface area contributed by atoms with E-state index in [-0.39, 0.29) is 41.8 Å². The summed E-state index contributed by atoms with van der Waals surface area (Å²) < 4.78 is 41.0. The van der Waals surface area contributed by atoms with Crippen LogP contribution in [0.5, 0.6) is 0 Å². The first-order valence-electron chi connectivity index (χ1n) is 11.3. The van der Waals surface area contributed by atoms with Crippen molar-refractivity contribution in [2.75, 3.05) is 13.1 Å². The van der Waals surface area contributed by atoms with E-state index in [4.69, 9.17) is 0 Å².